The Morgan fingerprint density at radius 2 is 1.45 bits per heavy atom. The zero-order chi connectivity index (χ0) is 59.6. The number of nitrogens with zero attached hydrogens (tertiary/aromatic N) is 7. The Balaban J connectivity index is 0.807. The van der Waals surface area contributed by atoms with E-state index in [2.05, 4.69) is 28.6 Å². The fraction of sp³-hybridized carbons (Fsp3) is 0.453. The van der Waals surface area contributed by atoms with Gasteiger partial charge in [-0.3, -0.25) is 23.9 Å². The number of halogens is 1. The first kappa shape index (κ1) is 59.5. The van der Waals surface area contributed by atoms with Gasteiger partial charge < -0.3 is 47.9 Å². The predicted octanol–water partition coefficient (Wildman–Crippen LogP) is 10.4. The van der Waals surface area contributed by atoms with Gasteiger partial charge in [0.2, 0.25) is 17.6 Å². The number of methoxy groups -OCH3 is 5. The van der Waals surface area contributed by atoms with Crippen LogP contribution in [-0.2, 0) is 30.3 Å². The van der Waals surface area contributed by atoms with Gasteiger partial charge in [-0.25, -0.2) is 4.79 Å². The Kier molecular flexibility index (Phi) is 17.9. The summed E-state index contributed by atoms with van der Waals surface area (Å²) in [5, 5.41) is 10.8. The first-order valence-corrected chi connectivity index (χ1v) is 29.9. The van der Waals surface area contributed by atoms with Crippen LogP contribution in [-0.4, -0.2) is 140 Å². The van der Waals surface area contributed by atoms with Crippen molar-refractivity contribution < 1.29 is 52.3 Å². The van der Waals surface area contributed by atoms with Crippen LogP contribution < -0.4 is 28.4 Å². The molecule has 5 atom stereocenters. The molecule has 10 rings (SSSR count). The number of likely N-dealkylation sites (tertiary alicyclic amines) is 3. The van der Waals surface area contributed by atoms with Gasteiger partial charge in [-0.2, -0.15) is 0 Å². The first-order chi connectivity index (χ1) is 40.6. The number of aliphatic imine (C=N–C) groups is 1. The number of ether oxygens (including phenoxy) is 7. The smallest absolute Gasteiger partial charge is 0.329 e. The summed E-state index contributed by atoms with van der Waals surface area (Å²) in [6.07, 6.45) is 3.07. The minimum atomic E-state index is -0.822. The van der Waals surface area contributed by atoms with Crippen LogP contribution in [0.1, 0.15) is 120 Å². The van der Waals surface area contributed by atoms with E-state index in [-0.39, 0.29) is 29.7 Å². The molecular weight excluding hydrogens is 1110 g/mol. The molecule has 4 aromatic carbocycles. The fourth-order valence-electron chi connectivity index (χ4n) is 12.4. The van der Waals surface area contributed by atoms with Crippen LogP contribution in [0.25, 0.3) is 5.00 Å². The lowest BCUT2D eigenvalue weighted by Gasteiger charge is -2.60. The van der Waals surface area contributed by atoms with Gasteiger partial charge in [0.05, 0.1) is 53.1 Å². The number of amides is 3. The third-order valence-corrected chi connectivity index (χ3v) is 18.5. The number of aromatic nitrogens is 3. The van der Waals surface area contributed by atoms with Crippen molar-refractivity contribution in [3.05, 3.63) is 134 Å². The Hall–Kier alpha value is -7.64. The second kappa shape index (κ2) is 25.3. The lowest BCUT2D eigenvalue weighted by molar-refractivity contribution is -0.172. The normalized spacial score (nSPS) is 17.9. The van der Waals surface area contributed by atoms with Gasteiger partial charge in [-0.05, 0) is 137 Å². The van der Waals surface area contributed by atoms with E-state index in [0.717, 1.165) is 51.6 Å². The van der Waals surface area contributed by atoms with E-state index in [0.29, 0.717) is 121 Å². The molecule has 1 spiro atoms. The van der Waals surface area contributed by atoms with Crippen LogP contribution in [0.5, 0.6) is 34.5 Å². The molecule has 0 saturated carbocycles. The zero-order valence-corrected chi connectivity index (χ0v) is 51.1. The molecule has 4 aliphatic heterocycles. The van der Waals surface area contributed by atoms with Gasteiger partial charge in [-0.1, -0.05) is 55.8 Å². The molecule has 444 valence electrons. The average Bonchev–Trinajstić information content (AvgIpc) is 1.40. The Morgan fingerprint density at radius 1 is 0.750 bits per heavy atom. The highest BCUT2D eigenvalue weighted by Gasteiger charge is 2.56. The van der Waals surface area contributed by atoms with Gasteiger partial charge in [0, 0.05) is 59.2 Å². The fourth-order valence-corrected chi connectivity index (χ4v) is 13.8. The zero-order valence-electron chi connectivity index (χ0n) is 49.5. The maximum Gasteiger partial charge on any atom is 0.329 e. The summed E-state index contributed by atoms with van der Waals surface area (Å²) >= 11 is 8.03. The van der Waals surface area contributed by atoms with Crippen molar-refractivity contribution in [1.82, 2.24) is 29.5 Å². The van der Waals surface area contributed by atoms with E-state index in [4.69, 9.17) is 49.8 Å². The van der Waals surface area contributed by atoms with Crippen LogP contribution in [0.4, 0.5) is 0 Å². The van der Waals surface area contributed by atoms with Crippen molar-refractivity contribution in [2.24, 2.45) is 16.3 Å². The Morgan fingerprint density at radius 3 is 2.12 bits per heavy atom. The molecule has 6 heterocycles. The van der Waals surface area contributed by atoms with E-state index in [1.807, 2.05) is 80.3 Å². The van der Waals surface area contributed by atoms with E-state index < -0.39 is 36.0 Å². The maximum atomic E-state index is 14.7. The van der Waals surface area contributed by atoms with Gasteiger partial charge in [0.1, 0.15) is 34.8 Å². The molecule has 4 aliphatic rings. The number of esters is 1. The molecule has 0 aliphatic carbocycles. The number of fused-ring (bicyclic) bond motifs is 3. The second-order valence-corrected chi connectivity index (χ2v) is 23.9. The number of benzene rings is 4. The number of hydrogen-bond donors (Lipinski definition) is 0. The SMILES string of the molecule is CC[C@H](C(=O)N1CCCC[C@H]1C(=O)O[C@H](CCc1ccc(OC)c(OC)c1)c1cccc(OCC(=O)N2CC3(C2)CN(C(=O)[C@H](CC)[C@@H]2N=C(c4ccc(Cl)cc4)c4c(sc(C)c4C)-n4c(C)nnc42)C3)c1)c1cc(OC)c(OC)c(OC)c1. The monoisotopic (exact) mass is 1180 g/mol. The van der Waals surface area contributed by atoms with Crippen LogP contribution in [0, 0.1) is 32.1 Å². The predicted molar refractivity (Wildman–Crippen MR) is 320 cm³/mol. The third kappa shape index (κ3) is 11.6. The van der Waals surface area contributed by atoms with Gasteiger partial charge in [-0.15, -0.1) is 21.5 Å². The van der Waals surface area contributed by atoms with E-state index >= 15 is 0 Å². The van der Waals surface area contributed by atoms with Gasteiger partial charge >= 0.3 is 5.97 Å². The third-order valence-electron chi connectivity index (χ3n) is 17.1. The molecule has 18 nitrogen and oxygen atoms in total. The largest absolute Gasteiger partial charge is 0.493 e. The van der Waals surface area contributed by atoms with E-state index in [9.17, 15) is 19.2 Å². The molecular formula is C64H74ClN7O11S. The number of hydrogen-bond acceptors (Lipinski definition) is 15. The van der Waals surface area contributed by atoms with Crippen LogP contribution in [0.3, 0.4) is 0 Å². The summed E-state index contributed by atoms with van der Waals surface area (Å²) in [5.41, 5.74) is 5.92. The molecule has 0 N–H and O–H groups in total. The van der Waals surface area contributed by atoms with E-state index in [1.165, 1.54) is 26.2 Å². The van der Waals surface area contributed by atoms with Crippen LogP contribution in [0.2, 0.25) is 5.02 Å². The highest BCUT2D eigenvalue weighted by atomic mass is 35.5. The minimum Gasteiger partial charge on any atom is -0.493 e. The van der Waals surface area contributed by atoms with E-state index in [1.54, 1.807) is 59.6 Å². The van der Waals surface area contributed by atoms with Crippen molar-refractivity contribution in [3.8, 4) is 39.5 Å². The molecule has 6 aromatic rings. The van der Waals surface area contributed by atoms with Gasteiger partial charge in [0.25, 0.3) is 5.91 Å². The summed E-state index contributed by atoms with van der Waals surface area (Å²) in [6.45, 7) is 12.3. The number of carbonyl (C=O) groups is 4. The lowest BCUT2D eigenvalue weighted by Crippen LogP contribution is -2.74. The molecule has 0 bridgehead atoms. The summed E-state index contributed by atoms with van der Waals surface area (Å²) in [5.74, 6) is 2.30. The summed E-state index contributed by atoms with van der Waals surface area (Å²) in [7, 11) is 7.77. The molecule has 84 heavy (non-hydrogen) atoms. The molecule has 2 aromatic heterocycles. The number of carbonyl (C=O) groups excluding carboxylic acids is 4. The molecule has 20 heteroatoms. The second-order valence-electron chi connectivity index (χ2n) is 22.3. The average molecular weight is 1180 g/mol. The highest BCUT2D eigenvalue weighted by Crippen LogP contribution is 2.46. The Bertz CT molecular complexity index is 3430. The number of aryl methyl sites for hydroxylation is 3. The maximum absolute atomic E-state index is 14.7. The summed E-state index contributed by atoms with van der Waals surface area (Å²) in [4.78, 5) is 69.8. The molecule has 3 fully saturated rings. The van der Waals surface area contributed by atoms with Crippen molar-refractivity contribution in [3.63, 3.8) is 0 Å². The standard InChI is InChI=1S/C64H74ClN7O11S/c1-11-46(43-30-52(79-8)58(81-10)53(31-43)80-9)61(75)71-27-14-13-18-48(71)63(76)83-49(25-19-40-20-26-50(77-6)51(28-40)78-7)42-16-15-17-45(29-42)82-32-54(73)69-33-64(34-69)35-70(36-64)60(74)47(12-2)57-59-68-67-39(5)72(59)62-55(37(3)38(4)84-62)56(66-57)41-21-23-44(65)24-22-41/h15-17,20-24,26,28-31,46-49,57H,11-14,18-19,25,27,32-36H2,1-10H3/t46-,47+,48-,49+,57-/m0/s1. The van der Waals surface area contributed by atoms with Crippen molar-refractivity contribution >= 4 is 52.3 Å². The van der Waals surface area contributed by atoms with Crippen LogP contribution in [0.15, 0.2) is 83.9 Å². The quantitative estimate of drug-likeness (QED) is 0.0621. The molecule has 0 radical (unpaired) electrons. The van der Waals surface area contributed by atoms with Crippen molar-refractivity contribution in [1.29, 1.82) is 0 Å². The minimum absolute atomic E-state index is 0.000517. The van der Waals surface area contributed by atoms with Crippen molar-refractivity contribution in [2.45, 2.75) is 104 Å². The lowest BCUT2D eigenvalue weighted by atomic mass is 9.72. The summed E-state index contributed by atoms with van der Waals surface area (Å²) < 4.78 is 42.7. The molecule has 3 saturated heterocycles. The van der Waals surface area contributed by atoms with Gasteiger partial charge in [0.15, 0.2) is 35.4 Å². The summed E-state index contributed by atoms with van der Waals surface area (Å²) in [6, 6.07) is 22.8. The highest BCUT2D eigenvalue weighted by molar-refractivity contribution is 7.15. The first-order valence-electron chi connectivity index (χ1n) is 28.7. The molecule has 3 amide bonds. The topological polar surface area (TPSA) is 186 Å². The number of piperidine rings is 1. The van der Waals surface area contributed by atoms with Crippen LogP contribution >= 0.6 is 22.9 Å². The van der Waals surface area contributed by atoms with Crippen molar-refractivity contribution in [2.75, 3.05) is 74.9 Å². The molecule has 0 unspecified atom stereocenters. The number of thiophene rings is 1. The Labute approximate surface area is 499 Å². The number of rotatable bonds is 21.